The summed E-state index contributed by atoms with van der Waals surface area (Å²) in [7, 11) is 0. The molecule has 0 aliphatic rings. The van der Waals surface area contributed by atoms with Crippen LogP contribution < -0.4 is 0 Å². The number of nitrogens with zero attached hydrogens (tertiary/aromatic N) is 1. The fraction of sp³-hybridized carbons (Fsp3) is 0.588. The van der Waals surface area contributed by atoms with Gasteiger partial charge in [0.15, 0.2) is 0 Å². The van der Waals surface area contributed by atoms with Crippen LogP contribution in [0.15, 0.2) is 30.3 Å². The molecule has 0 bridgehead atoms. The molecule has 1 aromatic rings. The van der Waals surface area contributed by atoms with Crippen LogP contribution >= 0.6 is 0 Å². The molecule has 20 heavy (non-hydrogen) atoms. The molecular formula is C17H27NO2. The highest BCUT2D eigenvalue weighted by Crippen LogP contribution is 2.28. The van der Waals surface area contributed by atoms with Crippen LogP contribution in [0, 0.1) is 11.8 Å². The quantitative estimate of drug-likeness (QED) is 0.785. The first kappa shape index (κ1) is 16.7. The van der Waals surface area contributed by atoms with Gasteiger partial charge in [-0.2, -0.15) is 0 Å². The van der Waals surface area contributed by atoms with Gasteiger partial charge in [-0.15, -0.1) is 0 Å². The Morgan fingerprint density at radius 3 is 2.15 bits per heavy atom. The van der Waals surface area contributed by atoms with E-state index >= 15 is 0 Å². The molecular weight excluding hydrogens is 250 g/mol. The maximum atomic E-state index is 11.2. The van der Waals surface area contributed by atoms with Gasteiger partial charge in [0, 0.05) is 12.6 Å². The molecule has 3 heteroatoms. The molecule has 0 amide bonds. The number of aliphatic carboxylic acids is 1. The Kier molecular flexibility index (Phi) is 6.73. The maximum Gasteiger partial charge on any atom is 0.317 e. The highest BCUT2D eigenvalue weighted by atomic mass is 16.4. The van der Waals surface area contributed by atoms with Crippen LogP contribution in [0.2, 0.25) is 0 Å². The first-order chi connectivity index (χ1) is 9.40. The van der Waals surface area contributed by atoms with Crippen molar-refractivity contribution in [3.05, 3.63) is 35.9 Å². The SMILES string of the molecule is CC(C)CC(c1ccccc1)N(CC(=O)O)CC(C)C. The lowest BCUT2D eigenvalue weighted by Gasteiger charge is -2.33. The highest BCUT2D eigenvalue weighted by Gasteiger charge is 2.24. The Morgan fingerprint density at radius 2 is 1.70 bits per heavy atom. The number of carboxylic acids is 1. The summed E-state index contributed by atoms with van der Waals surface area (Å²) in [6.07, 6.45) is 0.976. The molecule has 0 aliphatic heterocycles. The monoisotopic (exact) mass is 277 g/mol. The van der Waals surface area contributed by atoms with E-state index in [1.165, 1.54) is 5.56 Å². The smallest absolute Gasteiger partial charge is 0.317 e. The van der Waals surface area contributed by atoms with Crippen LogP contribution in [0.3, 0.4) is 0 Å². The Morgan fingerprint density at radius 1 is 1.10 bits per heavy atom. The van der Waals surface area contributed by atoms with Gasteiger partial charge in [0.1, 0.15) is 0 Å². The minimum absolute atomic E-state index is 0.102. The third-order valence-electron chi connectivity index (χ3n) is 3.26. The summed E-state index contributed by atoms with van der Waals surface area (Å²) in [6, 6.07) is 10.4. The van der Waals surface area contributed by atoms with Gasteiger partial charge < -0.3 is 5.11 Å². The Bertz CT molecular complexity index is 401. The summed E-state index contributed by atoms with van der Waals surface area (Å²) in [4.78, 5) is 13.3. The van der Waals surface area contributed by atoms with Gasteiger partial charge in [-0.3, -0.25) is 9.69 Å². The molecule has 0 radical (unpaired) electrons. The summed E-state index contributed by atoms with van der Waals surface area (Å²) in [5, 5.41) is 9.19. The molecule has 0 aromatic heterocycles. The van der Waals surface area contributed by atoms with E-state index < -0.39 is 5.97 Å². The van der Waals surface area contributed by atoms with Gasteiger partial charge in [0.05, 0.1) is 6.54 Å². The minimum Gasteiger partial charge on any atom is -0.480 e. The number of rotatable bonds is 8. The number of carboxylic acid groups (broad SMARTS) is 1. The molecule has 3 nitrogen and oxygen atoms in total. The number of carbonyl (C=O) groups is 1. The fourth-order valence-electron chi connectivity index (χ4n) is 2.56. The van der Waals surface area contributed by atoms with E-state index in [-0.39, 0.29) is 12.6 Å². The summed E-state index contributed by atoms with van der Waals surface area (Å²) < 4.78 is 0. The normalized spacial score (nSPS) is 13.2. The average molecular weight is 277 g/mol. The lowest BCUT2D eigenvalue weighted by Crippen LogP contribution is -2.37. The molecule has 1 rings (SSSR count). The van der Waals surface area contributed by atoms with Crippen LogP contribution in [0.1, 0.15) is 45.7 Å². The predicted octanol–water partition coefficient (Wildman–Crippen LogP) is 3.82. The van der Waals surface area contributed by atoms with Crippen molar-refractivity contribution in [3.8, 4) is 0 Å². The molecule has 112 valence electrons. The fourth-order valence-corrected chi connectivity index (χ4v) is 2.56. The molecule has 1 atom stereocenters. The summed E-state index contributed by atoms with van der Waals surface area (Å²) in [5.41, 5.74) is 1.21. The Hall–Kier alpha value is -1.35. The molecule has 1 aromatic carbocycles. The molecule has 0 spiro atoms. The second-order valence-corrected chi connectivity index (χ2v) is 6.27. The first-order valence-corrected chi connectivity index (χ1v) is 7.41. The average Bonchev–Trinajstić information content (AvgIpc) is 2.35. The maximum absolute atomic E-state index is 11.2. The molecule has 1 unspecified atom stereocenters. The molecule has 0 aliphatic carbocycles. The molecule has 0 fully saturated rings. The standard InChI is InChI=1S/C17H27NO2/c1-13(2)10-16(15-8-6-5-7-9-15)18(11-14(3)4)12-17(19)20/h5-9,13-14,16H,10-12H2,1-4H3,(H,19,20). The first-order valence-electron chi connectivity index (χ1n) is 7.41. The van der Waals surface area contributed by atoms with E-state index in [4.69, 9.17) is 0 Å². The van der Waals surface area contributed by atoms with Gasteiger partial charge in [-0.1, -0.05) is 58.0 Å². The van der Waals surface area contributed by atoms with Crippen LogP contribution in [0.4, 0.5) is 0 Å². The van der Waals surface area contributed by atoms with Crippen molar-refractivity contribution in [2.24, 2.45) is 11.8 Å². The van der Waals surface area contributed by atoms with Gasteiger partial charge in [-0.25, -0.2) is 0 Å². The van der Waals surface area contributed by atoms with Gasteiger partial charge >= 0.3 is 5.97 Å². The van der Waals surface area contributed by atoms with Crippen LogP contribution in [0.25, 0.3) is 0 Å². The highest BCUT2D eigenvalue weighted by molar-refractivity contribution is 5.69. The van der Waals surface area contributed by atoms with E-state index in [1.807, 2.05) is 18.2 Å². The van der Waals surface area contributed by atoms with Crippen molar-refractivity contribution >= 4 is 5.97 Å². The summed E-state index contributed by atoms with van der Waals surface area (Å²) >= 11 is 0. The molecule has 0 saturated carbocycles. The lowest BCUT2D eigenvalue weighted by atomic mass is 9.94. The van der Waals surface area contributed by atoms with Crippen LogP contribution in [-0.2, 0) is 4.79 Å². The summed E-state index contributed by atoms with van der Waals surface area (Å²) in [6.45, 7) is 9.54. The second-order valence-electron chi connectivity index (χ2n) is 6.27. The minimum atomic E-state index is -0.754. The van der Waals surface area contributed by atoms with Crippen LogP contribution in [0.5, 0.6) is 0 Å². The zero-order chi connectivity index (χ0) is 15.1. The van der Waals surface area contributed by atoms with Gasteiger partial charge in [-0.05, 0) is 23.8 Å². The van der Waals surface area contributed by atoms with Crippen molar-refractivity contribution < 1.29 is 9.90 Å². The van der Waals surface area contributed by atoms with Crippen molar-refractivity contribution in [1.82, 2.24) is 4.90 Å². The Labute approximate surface area is 122 Å². The molecule has 0 heterocycles. The zero-order valence-corrected chi connectivity index (χ0v) is 13.0. The van der Waals surface area contributed by atoms with E-state index in [9.17, 15) is 9.90 Å². The topological polar surface area (TPSA) is 40.5 Å². The Balaban J connectivity index is 3.00. The van der Waals surface area contributed by atoms with Gasteiger partial charge in [0.25, 0.3) is 0 Å². The van der Waals surface area contributed by atoms with E-state index in [0.29, 0.717) is 11.8 Å². The molecule has 0 saturated heterocycles. The third-order valence-corrected chi connectivity index (χ3v) is 3.26. The van der Waals surface area contributed by atoms with Crippen LogP contribution in [-0.4, -0.2) is 29.1 Å². The number of hydrogen-bond acceptors (Lipinski definition) is 2. The number of benzene rings is 1. The van der Waals surface area contributed by atoms with Crippen molar-refractivity contribution in [2.45, 2.75) is 40.2 Å². The largest absolute Gasteiger partial charge is 0.480 e. The third kappa shape index (κ3) is 5.74. The molecule has 1 N–H and O–H groups in total. The van der Waals surface area contributed by atoms with E-state index in [0.717, 1.165) is 13.0 Å². The van der Waals surface area contributed by atoms with E-state index in [1.54, 1.807) is 0 Å². The van der Waals surface area contributed by atoms with Gasteiger partial charge in [0.2, 0.25) is 0 Å². The number of hydrogen-bond donors (Lipinski definition) is 1. The summed E-state index contributed by atoms with van der Waals surface area (Å²) in [5.74, 6) is 0.228. The van der Waals surface area contributed by atoms with E-state index in [2.05, 4.69) is 44.7 Å². The lowest BCUT2D eigenvalue weighted by molar-refractivity contribution is -0.139. The van der Waals surface area contributed by atoms with Crippen molar-refractivity contribution in [1.29, 1.82) is 0 Å². The van der Waals surface area contributed by atoms with Crippen molar-refractivity contribution in [2.75, 3.05) is 13.1 Å². The van der Waals surface area contributed by atoms with Crippen molar-refractivity contribution in [3.63, 3.8) is 0 Å². The zero-order valence-electron chi connectivity index (χ0n) is 13.0. The second kappa shape index (κ2) is 8.05. The predicted molar refractivity (Wildman–Crippen MR) is 82.7 cm³/mol.